The van der Waals surface area contributed by atoms with Crippen molar-refractivity contribution >= 4 is 17.2 Å². The van der Waals surface area contributed by atoms with Gasteiger partial charge < -0.3 is 14.2 Å². The number of hydrogen-bond donors (Lipinski definition) is 0. The molecule has 1 fully saturated rings. The number of likely N-dealkylation sites (tertiary alicyclic amines) is 1. The molecular weight excluding hydrogens is 345 g/mol. The zero-order valence-electron chi connectivity index (χ0n) is 13.1. The normalized spacial score (nSPS) is 14.4. The van der Waals surface area contributed by atoms with E-state index >= 15 is 0 Å². The van der Waals surface area contributed by atoms with E-state index in [0.29, 0.717) is 24.8 Å². The highest BCUT2D eigenvalue weighted by molar-refractivity contribution is 7.08. The van der Waals surface area contributed by atoms with Gasteiger partial charge in [0.05, 0.1) is 5.92 Å². The van der Waals surface area contributed by atoms with Gasteiger partial charge in [-0.15, -0.1) is 0 Å². The fourth-order valence-corrected chi connectivity index (χ4v) is 3.18. The van der Waals surface area contributed by atoms with Crippen LogP contribution in [-0.2, 0) is 4.79 Å². The first-order valence-corrected chi connectivity index (χ1v) is 8.66. The lowest BCUT2D eigenvalue weighted by Crippen LogP contribution is -2.50. The van der Waals surface area contributed by atoms with Crippen LogP contribution in [0.15, 0.2) is 45.6 Å². The molecule has 4 rings (SSSR count). The number of carbonyl (C=O) groups excluding carboxylic acids is 1. The predicted molar refractivity (Wildman–Crippen MR) is 88.8 cm³/mol. The first-order valence-electron chi connectivity index (χ1n) is 7.72. The zero-order chi connectivity index (χ0) is 17.2. The summed E-state index contributed by atoms with van der Waals surface area (Å²) in [6.07, 6.45) is 0. The number of benzene rings is 1. The van der Waals surface area contributed by atoms with Crippen molar-refractivity contribution in [1.82, 2.24) is 15.0 Å². The van der Waals surface area contributed by atoms with E-state index in [0.717, 1.165) is 5.56 Å². The molecule has 25 heavy (non-hydrogen) atoms. The molecule has 0 radical (unpaired) electrons. The zero-order valence-corrected chi connectivity index (χ0v) is 13.9. The second-order valence-corrected chi connectivity index (χ2v) is 6.46. The molecule has 1 aliphatic rings. The molecule has 1 saturated heterocycles. The van der Waals surface area contributed by atoms with Crippen LogP contribution in [0.3, 0.4) is 0 Å². The second kappa shape index (κ2) is 6.64. The molecule has 3 aromatic rings. The average molecular weight is 359 g/mol. The van der Waals surface area contributed by atoms with Crippen molar-refractivity contribution < 1.29 is 18.4 Å². The SMILES string of the molecule is O=C(COc1ccccc1F)N1CC(c2nc(-c3ccsc3)no2)C1. The molecule has 6 nitrogen and oxygen atoms in total. The van der Waals surface area contributed by atoms with Crippen LogP contribution in [0.2, 0.25) is 0 Å². The summed E-state index contributed by atoms with van der Waals surface area (Å²) in [4.78, 5) is 18.1. The van der Waals surface area contributed by atoms with Crippen LogP contribution in [0, 0.1) is 5.82 Å². The Balaban J connectivity index is 1.30. The van der Waals surface area contributed by atoms with Gasteiger partial charge in [0.15, 0.2) is 18.2 Å². The number of para-hydroxylation sites is 1. The molecule has 0 unspecified atom stereocenters. The molecule has 0 aliphatic carbocycles. The van der Waals surface area contributed by atoms with Gasteiger partial charge in [-0.05, 0) is 23.6 Å². The Morgan fingerprint density at radius 1 is 1.36 bits per heavy atom. The monoisotopic (exact) mass is 359 g/mol. The summed E-state index contributed by atoms with van der Waals surface area (Å²) >= 11 is 1.57. The summed E-state index contributed by atoms with van der Waals surface area (Å²) < 4.78 is 24.0. The minimum absolute atomic E-state index is 0.0253. The Morgan fingerprint density at radius 2 is 2.20 bits per heavy atom. The van der Waals surface area contributed by atoms with Gasteiger partial charge in [0, 0.05) is 24.0 Å². The lowest BCUT2D eigenvalue weighted by molar-refractivity contribution is -0.138. The molecule has 1 aromatic carbocycles. The highest BCUT2D eigenvalue weighted by atomic mass is 32.1. The number of halogens is 1. The third-order valence-electron chi connectivity index (χ3n) is 3.99. The Bertz CT molecular complexity index is 875. The van der Waals surface area contributed by atoms with Crippen molar-refractivity contribution in [3.63, 3.8) is 0 Å². The molecular formula is C17H14FN3O3S. The number of hydrogen-bond acceptors (Lipinski definition) is 6. The summed E-state index contributed by atoms with van der Waals surface area (Å²) in [6.45, 7) is 0.785. The van der Waals surface area contributed by atoms with E-state index in [1.54, 1.807) is 28.4 Å². The maximum Gasteiger partial charge on any atom is 0.260 e. The number of nitrogens with zero attached hydrogens (tertiary/aromatic N) is 3. The quantitative estimate of drug-likeness (QED) is 0.701. The molecule has 128 valence electrons. The van der Waals surface area contributed by atoms with Crippen molar-refractivity contribution in [3.8, 4) is 17.1 Å². The summed E-state index contributed by atoms with van der Waals surface area (Å²) in [5, 5.41) is 7.87. The maximum absolute atomic E-state index is 13.5. The van der Waals surface area contributed by atoms with Gasteiger partial charge in [-0.1, -0.05) is 17.3 Å². The van der Waals surface area contributed by atoms with Crippen molar-refractivity contribution in [2.75, 3.05) is 19.7 Å². The van der Waals surface area contributed by atoms with Gasteiger partial charge in [-0.25, -0.2) is 4.39 Å². The van der Waals surface area contributed by atoms with E-state index in [1.165, 1.54) is 12.1 Å². The lowest BCUT2D eigenvalue weighted by atomic mass is 10.0. The van der Waals surface area contributed by atoms with Gasteiger partial charge in [-0.2, -0.15) is 16.3 Å². The van der Waals surface area contributed by atoms with Gasteiger partial charge in [-0.3, -0.25) is 4.79 Å². The lowest BCUT2D eigenvalue weighted by Gasteiger charge is -2.36. The Hall–Kier alpha value is -2.74. The molecule has 1 amide bonds. The fraction of sp³-hybridized carbons (Fsp3) is 0.235. The number of carbonyl (C=O) groups is 1. The van der Waals surface area contributed by atoms with Crippen LogP contribution < -0.4 is 4.74 Å². The van der Waals surface area contributed by atoms with Crippen LogP contribution in [0.1, 0.15) is 11.8 Å². The molecule has 8 heteroatoms. The smallest absolute Gasteiger partial charge is 0.260 e. The summed E-state index contributed by atoms with van der Waals surface area (Å²) in [5.41, 5.74) is 0.922. The second-order valence-electron chi connectivity index (χ2n) is 5.68. The predicted octanol–water partition coefficient (Wildman–Crippen LogP) is 2.94. The first kappa shape index (κ1) is 15.8. The molecule has 2 aromatic heterocycles. The molecule has 1 aliphatic heterocycles. The van der Waals surface area contributed by atoms with E-state index in [2.05, 4.69) is 10.1 Å². The van der Waals surface area contributed by atoms with E-state index in [4.69, 9.17) is 9.26 Å². The highest BCUT2D eigenvalue weighted by Crippen LogP contribution is 2.28. The Morgan fingerprint density at radius 3 is 2.96 bits per heavy atom. The largest absolute Gasteiger partial charge is 0.481 e. The van der Waals surface area contributed by atoms with E-state index in [-0.39, 0.29) is 24.2 Å². The number of thiophene rings is 1. The van der Waals surface area contributed by atoms with Crippen LogP contribution in [-0.4, -0.2) is 40.6 Å². The summed E-state index contributed by atoms with van der Waals surface area (Å²) in [7, 11) is 0. The first-order chi connectivity index (χ1) is 12.2. The van der Waals surface area contributed by atoms with Gasteiger partial charge in [0.1, 0.15) is 0 Å². The van der Waals surface area contributed by atoms with Gasteiger partial charge in [0.25, 0.3) is 5.91 Å². The Labute approximate surface area is 146 Å². The third-order valence-corrected chi connectivity index (χ3v) is 4.68. The van der Waals surface area contributed by atoms with Crippen LogP contribution in [0.25, 0.3) is 11.4 Å². The number of rotatable bonds is 5. The van der Waals surface area contributed by atoms with Crippen LogP contribution in [0.5, 0.6) is 5.75 Å². The Kier molecular flexibility index (Phi) is 4.19. The van der Waals surface area contributed by atoms with Crippen molar-refractivity contribution in [3.05, 3.63) is 52.8 Å². The molecule has 0 N–H and O–H groups in total. The summed E-state index contributed by atoms with van der Waals surface area (Å²) in [6, 6.07) is 7.93. The molecule has 0 bridgehead atoms. The maximum atomic E-state index is 13.5. The van der Waals surface area contributed by atoms with Crippen LogP contribution >= 0.6 is 11.3 Å². The number of ether oxygens (including phenoxy) is 1. The summed E-state index contributed by atoms with van der Waals surface area (Å²) in [5.74, 6) is 0.507. The average Bonchev–Trinajstić information content (AvgIpc) is 3.24. The third kappa shape index (κ3) is 3.25. The molecule has 0 saturated carbocycles. The standard InChI is InChI=1S/C17H14FN3O3S/c18-13-3-1-2-4-14(13)23-9-15(22)21-7-12(8-21)17-19-16(20-24-17)11-5-6-25-10-11/h1-6,10,12H,7-9H2. The minimum Gasteiger partial charge on any atom is -0.481 e. The van der Waals surface area contributed by atoms with E-state index in [1.807, 2.05) is 16.8 Å². The highest BCUT2D eigenvalue weighted by Gasteiger charge is 2.35. The van der Waals surface area contributed by atoms with Crippen molar-refractivity contribution in [2.24, 2.45) is 0 Å². The molecule has 0 atom stereocenters. The van der Waals surface area contributed by atoms with Crippen molar-refractivity contribution in [1.29, 1.82) is 0 Å². The van der Waals surface area contributed by atoms with E-state index in [9.17, 15) is 9.18 Å². The topological polar surface area (TPSA) is 68.5 Å². The van der Waals surface area contributed by atoms with Gasteiger partial charge in [0.2, 0.25) is 11.7 Å². The molecule has 3 heterocycles. The van der Waals surface area contributed by atoms with Crippen molar-refractivity contribution in [2.45, 2.75) is 5.92 Å². The minimum atomic E-state index is -0.483. The van der Waals surface area contributed by atoms with E-state index < -0.39 is 5.82 Å². The number of aromatic nitrogens is 2. The van der Waals surface area contributed by atoms with Gasteiger partial charge >= 0.3 is 0 Å². The fourth-order valence-electron chi connectivity index (χ4n) is 2.54. The van der Waals surface area contributed by atoms with Crippen LogP contribution in [0.4, 0.5) is 4.39 Å². The molecule has 0 spiro atoms. The number of amides is 1.